The van der Waals surface area contributed by atoms with Crippen molar-refractivity contribution in [3.05, 3.63) is 40.6 Å². The van der Waals surface area contributed by atoms with Crippen LogP contribution in [0.3, 0.4) is 0 Å². The van der Waals surface area contributed by atoms with Gasteiger partial charge in [-0.2, -0.15) is 0 Å². The lowest BCUT2D eigenvalue weighted by Gasteiger charge is -2.27. The summed E-state index contributed by atoms with van der Waals surface area (Å²) in [4.78, 5) is 0. The Kier molecular flexibility index (Phi) is 5.06. The molecule has 0 unspecified atom stereocenters. The molecule has 0 bridgehead atoms. The van der Waals surface area contributed by atoms with Gasteiger partial charge in [-0.15, -0.1) is 0 Å². The van der Waals surface area contributed by atoms with Gasteiger partial charge < -0.3 is 4.43 Å². The molecule has 0 heterocycles. The molecule has 0 saturated carbocycles. The molecule has 1 aromatic carbocycles. The van der Waals surface area contributed by atoms with Crippen molar-refractivity contribution in [1.82, 2.24) is 0 Å². The molecule has 0 aliphatic carbocycles. The second-order valence-corrected chi connectivity index (χ2v) is 8.16. The zero-order valence-electron chi connectivity index (χ0n) is 12.1. The Balaban J connectivity index is 3.31. The molecule has 0 N–H and O–H groups in total. The van der Waals surface area contributed by atoms with E-state index in [1.165, 1.54) is 5.57 Å². The lowest BCUT2D eigenvalue weighted by Crippen LogP contribution is -2.15. The molecule has 0 fully saturated rings. The van der Waals surface area contributed by atoms with E-state index < -0.39 is 9.04 Å². The molecule has 3 heteroatoms. The summed E-state index contributed by atoms with van der Waals surface area (Å²) in [5.74, 6) is 1.02. The van der Waals surface area contributed by atoms with E-state index in [4.69, 9.17) is 16.0 Å². The van der Waals surface area contributed by atoms with E-state index >= 15 is 0 Å². The fourth-order valence-corrected chi connectivity index (χ4v) is 3.07. The number of rotatable bonds is 3. The van der Waals surface area contributed by atoms with E-state index in [-0.39, 0.29) is 5.41 Å². The summed E-state index contributed by atoms with van der Waals surface area (Å²) in [6, 6.07) is 7.99. The highest BCUT2D eigenvalue weighted by atomic mass is 35.5. The van der Waals surface area contributed by atoms with Crippen molar-refractivity contribution < 1.29 is 4.43 Å². The smallest absolute Gasteiger partial charge is 0.273 e. The first kappa shape index (κ1) is 15.3. The molecule has 1 aromatic rings. The van der Waals surface area contributed by atoms with Crippen LogP contribution < -0.4 is 0 Å². The molecule has 0 aliphatic heterocycles. The topological polar surface area (TPSA) is 9.23 Å². The fourth-order valence-electron chi connectivity index (χ4n) is 2.17. The van der Waals surface area contributed by atoms with Crippen LogP contribution in [0.15, 0.2) is 30.0 Å². The zero-order chi connectivity index (χ0) is 13.9. The van der Waals surface area contributed by atoms with Crippen molar-refractivity contribution in [3.63, 3.8) is 0 Å². The SMILES string of the molecule is C/C(O[Si](C)C)=C(/c1cccc(Cl)c1)C(C)(C)C. The summed E-state index contributed by atoms with van der Waals surface area (Å²) in [5.41, 5.74) is 2.42. The molecule has 0 atom stereocenters. The Morgan fingerprint density at radius 2 is 1.83 bits per heavy atom. The first-order valence-corrected chi connectivity index (χ1v) is 8.95. The van der Waals surface area contributed by atoms with Gasteiger partial charge in [0.1, 0.15) is 0 Å². The zero-order valence-corrected chi connectivity index (χ0v) is 13.9. The van der Waals surface area contributed by atoms with E-state index in [0.29, 0.717) is 0 Å². The van der Waals surface area contributed by atoms with Crippen molar-refractivity contribution in [1.29, 1.82) is 0 Å². The molecule has 0 aliphatic rings. The number of benzene rings is 1. The minimum Gasteiger partial charge on any atom is -0.546 e. The number of hydrogen-bond acceptors (Lipinski definition) is 1. The predicted octanol–water partition coefficient (Wildman–Crippen LogP) is 5.38. The Morgan fingerprint density at radius 3 is 2.28 bits per heavy atom. The van der Waals surface area contributed by atoms with Crippen molar-refractivity contribution in [2.24, 2.45) is 5.41 Å². The summed E-state index contributed by atoms with van der Waals surface area (Å²) in [6.07, 6.45) is 0. The first-order valence-electron chi connectivity index (χ1n) is 6.17. The Bertz CT molecular complexity index is 444. The van der Waals surface area contributed by atoms with Gasteiger partial charge in [0, 0.05) is 10.6 Å². The third-order valence-electron chi connectivity index (χ3n) is 2.57. The molecule has 0 saturated heterocycles. The van der Waals surface area contributed by atoms with E-state index in [1.807, 2.05) is 18.2 Å². The van der Waals surface area contributed by atoms with Crippen molar-refractivity contribution >= 4 is 26.2 Å². The molecular formula is C15H22ClOSi. The molecule has 99 valence electrons. The number of halogens is 1. The number of hydrogen-bond donors (Lipinski definition) is 0. The van der Waals surface area contributed by atoms with E-state index in [9.17, 15) is 0 Å². The van der Waals surface area contributed by atoms with Crippen LogP contribution in [0.25, 0.3) is 5.57 Å². The number of allylic oxidation sites excluding steroid dienone is 2. The highest BCUT2D eigenvalue weighted by molar-refractivity contribution is 6.48. The van der Waals surface area contributed by atoms with Crippen molar-refractivity contribution in [2.75, 3.05) is 0 Å². The fraction of sp³-hybridized carbons (Fsp3) is 0.467. The molecule has 18 heavy (non-hydrogen) atoms. The monoisotopic (exact) mass is 281 g/mol. The first-order chi connectivity index (χ1) is 8.21. The van der Waals surface area contributed by atoms with Gasteiger partial charge in [-0.3, -0.25) is 0 Å². The normalized spacial score (nSPS) is 13.6. The van der Waals surface area contributed by atoms with Crippen LogP contribution in [0.2, 0.25) is 18.1 Å². The van der Waals surface area contributed by atoms with Crippen LogP contribution in [0.1, 0.15) is 33.3 Å². The average Bonchev–Trinajstić information content (AvgIpc) is 2.13. The summed E-state index contributed by atoms with van der Waals surface area (Å²) in [6.45, 7) is 13.0. The van der Waals surface area contributed by atoms with Gasteiger partial charge in [0.2, 0.25) is 0 Å². The maximum Gasteiger partial charge on any atom is 0.273 e. The Hall–Kier alpha value is -0.733. The van der Waals surface area contributed by atoms with Crippen molar-refractivity contribution in [3.8, 4) is 0 Å². The molecule has 0 aromatic heterocycles. The van der Waals surface area contributed by atoms with E-state index in [1.54, 1.807) is 0 Å². The average molecular weight is 282 g/mol. The highest BCUT2D eigenvalue weighted by Gasteiger charge is 2.23. The third kappa shape index (κ3) is 4.18. The largest absolute Gasteiger partial charge is 0.546 e. The minimum atomic E-state index is -0.746. The maximum absolute atomic E-state index is 6.09. The quantitative estimate of drug-likeness (QED) is 0.533. The summed E-state index contributed by atoms with van der Waals surface area (Å²) >= 11 is 6.09. The predicted molar refractivity (Wildman–Crippen MR) is 82.1 cm³/mol. The van der Waals surface area contributed by atoms with Crippen molar-refractivity contribution in [2.45, 2.75) is 40.8 Å². The summed E-state index contributed by atoms with van der Waals surface area (Å²) < 4.78 is 5.97. The standard InChI is InChI=1S/C15H22ClOSi/c1-11(17-18(5)6)14(15(2,3)4)12-8-7-9-13(16)10-12/h7-10H,1-6H3/b14-11+. The second-order valence-electron chi connectivity index (χ2n) is 5.70. The molecule has 1 radical (unpaired) electrons. The summed E-state index contributed by atoms with van der Waals surface area (Å²) in [7, 11) is -0.746. The van der Waals surface area contributed by atoms with Crippen LogP contribution in [0.5, 0.6) is 0 Å². The molecule has 0 amide bonds. The van der Waals surface area contributed by atoms with Gasteiger partial charge in [-0.1, -0.05) is 44.5 Å². The highest BCUT2D eigenvalue weighted by Crippen LogP contribution is 2.37. The van der Waals surface area contributed by atoms with Gasteiger partial charge in [-0.25, -0.2) is 0 Å². The van der Waals surface area contributed by atoms with E-state index in [0.717, 1.165) is 16.3 Å². The van der Waals surface area contributed by atoms with Gasteiger partial charge in [0.05, 0.1) is 5.76 Å². The third-order valence-corrected chi connectivity index (χ3v) is 3.52. The van der Waals surface area contributed by atoms with Crippen LogP contribution in [0.4, 0.5) is 0 Å². The van der Waals surface area contributed by atoms with Crippen LogP contribution >= 0.6 is 11.6 Å². The lowest BCUT2D eigenvalue weighted by atomic mass is 9.81. The summed E-state index contributed by atoms with van der Waals surface area (Å²) in [5, 5.41) is 0.764. The Labute approximate surface area is 118 Å². The van der Waals surface area contributed by atoms with E-state index in [2.05, 4.69) is 46.9 Å². The second kappa shape index (κ2) is 5.94. The van der Waals surface area contributed by atoms with Gasteiger partial charge in [-0.05, 0) is 43.1 Å². The van der Waals surface area contributed by atoms with Crippen LogP contribution in [-0.4, -0.2) is 9.04 Å². The van der Waals surface area contributed by atoms with Gasteiger partial charge in [0.25, 0.3) is 9.04 Å². The molecular weight excluding hydrogens is 260 g/mol. The lowest BCUT2D eigenvalue weighted by molar-refractivity contribution is 0.428. The maximum atomic E-state index is 6.09. The van der Waals surface area contributed by atoms with Crippen LogP contribution in [0, 0.1) is 5.41 Å². The molecule has 1 rings (SSSR count). The Morgan fingerprint density at radius 1 is 1.22 bits per heavy atom. The molecule has 1 nitrogen and oxygen atoms in total. The minimum absolute atomic E-state index is 0.0338. The van der Waals surface area contributed by atoms with Crippen LogP contribution in [-0.2, 0) is 4.43 Å². The van der Waals surface area contributed by atoms with Gasteiger partial charge >= 0.3 is 0 Å². The molecule has 0 spiro atoms. The van der Waals surface area contributed by atoms with Gasteiger partial charge in [0.15, 0.2) is 0 Å².